The zero-order valence-electron chi connectivity index (χ0n) is 11.6. The molecule has 0 fully saturated rings. The molecule has 3 nitrogen and oxygen atoms in total. The smallest absolute Gasteiger partial charge is 0.101 e. The molecule has 0 aliphatic carbocycles. The summed E-state index contributed by atoms with van der Waals surface area (Å²) in [6.45, 7) is 0.105. The van der Waals surface area contributed by atoms with E-state index in [0.29, 0.717) is 12.0 Å². The molecule has 1 N–H and O–H groups in total. The van der Waals surface area contributed by atoms with Crippen LogP contribution in [-0.4, -0.2) is 16.3 Å². The van der Waals surface area contributed by atoms with Crippen molar-refractivity contribution in [3.05, 3.63) is 71.9 Å². The second-order valence-corrected chi connectivity index (χ2v) is 5.02. The van der Waals surface area contributed by atoms with E-state index in [-0.39, 0.29) is 12.6 Å². The molecule has 3 heteroatoms. The molecule has 104 valence electrons. The average Bonchev–Trinajstić information content (AvgIpc) is 2.92. The Balaban J connectivity index is 2.19. The topological polar surface area (TPSA) is 49.0 Å². The number of para-hydroxylation sites is 1. The third-order valence-electron chi connectivity index (χ3n) is 3.78. The Morgan fingerprint density at radius 2 is 1.76 bits per heavy atom. The molecule has 0 aliphatic heterocycles. The van der Waals surface area contributed by atoms with E-state index < -0.39 is 0 Å². The number of fused-ring (bicyclic) bond motifs is 1. The highest BCUT2D eigenvalue weighted by Gasteiger charge is 2.17. The van der Waals surface area contributed by atoms with E-state index in [4.69, 9.17) is 0 Å². The molecule has 0 saturated heterocycles. The predicted octanol–water partition coefficient (Wildman–Crippen LogP) is 3.48. The minimum atomic E-state index is 0.0307. The van der Waals surface area contributed by atoms with Crippen molar-refractivity contribution in [2.75, 3.05) is 6.61 Å². The maximum Gasteiger partial charge on any atom is 0.101 e. The van der Waals surface area contributed by atoms with E-state index in [0.717, 1.165) is 16.5 Å². The summed E-state index contributed by atoms with van der Waals surface area (Å²) in [5.41, 5.74) is 2.83. The lowest BCUT2D eigenvalue weighted by atomic mass is 10.0. The Labute approximate surface area is 123 Å². The summed E-state index contributed by atoms with van der Waals surface area (Å²) in [5.74, 6) is 0. The molecular weight excluding hydrogens is 260 g/mol. The Morgan fingerprint density at radius 1 is 1.05 bits per heavy atom. The van der Waals surface area contributed by atoms with Crippen molar-refractivity contribution in [1.82, 2.24) is 4.57 Å². The van der Waals surface area contributed by atoms with E-state index >= 15 is 0 Å². The molecule has 0 saturated carbocycles. The van der Waals surface area contributed by atoms with E-state index in [1.54, 1.807) is 0 Å². The summed E-state index contributed by atoms with van der Waals surface area (Å²) in [7, 11) is 0. The lowest BCUT2D eigenvalue weighted by Gasteiger charge is -2.19. The van der Waals surface area contributed by atoms with Gasteiger partial charge >= 0.3 is 0 Å². The van der Waals surface area contributed by atoms with Crippen LogP contribution in [0.3, 0.4) is 0 Å². The summed E-state index contributed by atoms with van der Waals surface area (Å²) < 4.78 is 2.10. The molecule has 0 spiro atoms. The SMILES string of the molecule is N#Cc1cn(C(CCO)c2ccccc2)c2ccccc12. The van der Waals surface area contributed by atoms with Gasteiger partial charge in [0, 0.05) is 23.7 Å². The quantitative estimate of drug-likeness (QED) is 0.793. The van der Waals surface area contributed by atoms with Crippen molar-refractivity contribution in [2.24, 2.45) is 0 Å². The van der Waals surface area contributed by atoms with Crippen molar-refractivity contribution < 1.29 is 5.11 Å². The molecular formula is C18H16N2O. The van der Waals surface area contributed by atoms with Crippen molar-refractivity contribution in [3.63, 3.8) is 0 Å². The number of hydrogen-bond acceptors (Lipinski definition) is 2. The summed E-state index contributed by atoms with van der Waals surface area (Å²) in [4.78, 5) is 0. The summed E-state index contributed by atoms with van der Waals surface area (Å²) in [6, 6.07) is 20.3. The van der Waals surface area contributed by atoms with Crippen molar-refractivity contribution in [2.45, 2.75) is 12.5 Å². The fraction of sp³-hybridized carbons (Fsp3) is 0.167. The van der Waals surface area contributed by atoms with Gasteiger partial charge in [-0.05, 0) is 18.1 Å². The summed E-state index contributed by atoms with van der Waals surface area (Å²) >= 11 is 0. The van der Waals surface area contributed by atoms with Gasteiger partial charge < -0.3 is 9.67 Å². The zero-order valence-corrected chi connectivity index (χ0v) is 11.6. The minimum Gasteiger partial charge on any atom is -0.396 e. The van der Waals surface area contributed by atoms with Gasteiger partial charge in [-0.15, -0.1) is 0 Å². The van der Waals surface area contributed by atoms with Gasteiger partial charge in [-0.2, -0.15) is 5.26 Å². The molecule has 0 amide bonds. The van der Waals surface area contributed by atoms with E-state index in [2.05, 4.69) is 22.8 Å². The second kappa shape index (κ2) is 5.82. The van der Waals surface area contributed by atoms with Gasteiger partial charge in [0.25, 0.3) is 0 Å². The second-order valence-electron chi connectivity index (χ2n) is 5.02. The molecule has 3 aromatic rings. The van der Waals surface area contributed by atoms with Gasteiger partial charge in [0.1, 0.15) is 6.07 Å². The molecule has 1 atom stereocenters. The fourth-order valence-corrected chi connectivity index (χ4v) is 2.82. The number of aromatic nitrogens is 1. The van der Waals surface area contributed by atoms with E-state index in [1.165, 1.54) is 0 Å². The Hall–Kier alpha value is -2.57. The van der Waals surface area contributed by atoms with Crippen LogP contribution in [0.1, 0.15) is 23.6 Å². The largest absolute Gasteiger partial charge is 0.396 e. The van der Waals surface area contributed by atoms with Gasteiger partial charge in [0.15, 0.2) is 0 Å². The van der Waals surface area contributed by atoms with Gasteiger partial charge in [0.05, 0.1) is 11.6 Å². The van der Waals surface area contributed by atoms with E-state index in [9.17, 15) is 10.4 Å². The van der Waals surface area contributed by atoms with Crippen LogP contribution in [0.25, 0.3) is 10.9 Å². The van der Waals surface area contributed by atoms with Crippen LogP contribution in [0, 0.1) is 11.3 Å². The van der Waals surface area contributed by atoms with Crippen molar-refractivity contribution in [1.29, 1.82) is 5.26 Å². The lowest BCUT2D eigenvalue weighted by Crippen LogP contribution is -2.11. The first kappa shape index (κ1) is 13.4. The van der Waals surface area contributed by atoms with Crippen LogP contribution in [0.5, 0.6) is 0 Å². The average molecular weight is 276 g/mol. The Morgan fingerprint density at radius 3 is 2.48 bits per heavy atom. The van der Waals surface area contributed by atoms with Gasteiger partial charge in [-0.3, -0.25) is 0 Å². The molecule has 3 rings (SSSR count). The lowest BCUT2D eigenvalue weighted by molar-refractivity contribution is 0.269. The van der Waals surface area contributed by atoms with Crippen LogP contribution in [0.2, 0.25) is 0 Å². The molecule has 0 radical (unpaired) electrons. The van der Waals surface area contributed by atoms with Crippen LogP contribution in [0.15, 0.2) is 60.8 Å². The number of benzene rings is 2. The molecule has 2 aromatic carbocycles. The maximum absolute atomic E-state index is 9.42. The maximum atomic E-state index is 9.42. The minimum absolute atomic E-state index is 0.0307. The molecule has 0 aliphatic rings. The number of hydrogen-bond donors (Lipinski definition) is 1. The van der Waals surface area contributed by atoms with Crippen LogP contribution < -0.4 is 0 Å². The number of nitriles is 1. The molecule has 1 unspecified atom stereocenters. The standard InChI is InChI=1S/C18H16N2O/c19-12-15-13-20(18-9-5-4-8-16(15)18)17(10-11-21)14-6-2-1-3-7-14/h1-9,13,17,21H,10-11H2. The Bertz CT molecular complexity index is 784. The number of aliphatic hydroxyl groups is 1. The molecule has 21 heavy (non-hydrogen) atoms. The van der Waals surface area contributed by atoms with Crippen LogP contribution >= 0.6 is 0 Å². The molecule has 0 bridgehead atoms. The normalized spacial score (nSPS) is 12.2. The molecule has 1 heterocycles. The highest BCUT2D eigenvalue weighted by atomic mass is 16.3. The summed E-state index contributed by atoms with van der Waals surface area (Å²) in [6.07, 6.45) is 2.51. The molecule has 1 aromatic heterocycles. The monoisotopic (exact) mass is 276 g/mol. The number of rotatable bonds is 4. The van der Waals surface area contributed by atoms with Crippen LogP contribution in [0.4, 0.5) is 0 Å². The highest BCUT2D eigenvalue weighted by Crippen LogP contribution is 2.29. The highest BCUT2D eigenvalue weighted by molar-refractivity contribution is 5.86. The first-order chi connectivity index (χ1) is 10.3. The first-order valence-corrected chi connectivity index (χ1v) is 7.00. The van der Waals surface area contributed by atoms with Gasteiger partial charge in [-0.25, -0.2) is 0 Å². The summed E-state index contributed by atoms with van der Waals surface area (Å²) in [5, 5.41) is 19.7. The zero-order chi connectivity index (χ0) is 14.7. The first-order valence-electron chi connectivity index (χ1n) is 7.00. The van der Waals surface area contributed by atoms with Crippen molar-refractivity contribution >= 4 is 10.9 Å². The van der Waals surface area contributed by atoms with Crippen LogP contribution in [-0.2, 0) is 0 Å². The van der Waals surface area contributed by atoms with E-state index in [1.807, 2.05) is 48.7 Å². The number of nitrogens with zero attached hydrogens (tertiary/aromatic N) is 2. The van der Waals surface area contributed by atoms with Gasteiger partial charge in [-0.1, -0.05) is 48.5 Å². The van der Waals surface area contributed by atoms with Crippen molar-refractivity contribution in [3.8, 4) is 6.07 Å². The third-order valence-corrected chi connectivity index (χ3v) is 3.78. The fourth-order valence-electron chi connectivity index (χ4n) is 2.82. The Kier molecular flexibility index (Phi) is 3.72. The number of aliphatic hydroxyl groups excluding tert-OH is 1. The predicted molar refractivity (Wildman–Crippen MR) is 82.9 cm³/mol. The third kappa shape index (κ3) is 2.42. The van der Waals surface area contributed by atoms with Gasteiger partial charge in [0.2, 0.25) is 0 Å².